The van der Waals surface area contributed by atoms with Crippen molar-refractivity contribution >= 4 is 22.6 Å². The molecule has 0 unspecified atom stereocenters. The van der Waals surface area contributed by atoms with E-state index in [9.17, 15) is 19.5 Å². The highest BCUT2D eigenvalue weighted by Crippen LogP contribution is 2.17. The Kier molecular flexibility index (Phi) is 4.10. The van der Waals surface area contributed by atoms with Gasteiger partial charge in [0.05, 0.1) is 11.4 Å². The van der Waals surface area contributed by atoms with E-state index in [-0.39, 0.29) is 35.0 Å². The van der Waals surface area contributed by atoms with Gasteiger partial charge in [0.15, 0.2) is 0 Å². The van der Waals surface area contributed by atoms with E-state index in [1.807, 2.05) is 0 Å². The van der Waals surface area contributed by atoms with Gasteiger partial charge >= 0.3 is 0 Å². The minimum Gasteiger partial charge on any atom is -0.543 e. The number of hydrogen-bond acceptors (Lipinski definition) is 5. The molecule has 0 atom stereocenters. The number of carboxylic acid groups (broad SMARTS) is 1. The Hall–Kier alpha value is -2.70. The van der Waals surface area contributed by atoms with E-state index in [0.29, 0.717) is 0 Å². The van der Waals surface area contributed by atoms with Crippen LogP contribution >= 0.6 is 0 Å². The van der Waals surface area contributed by atoms with Gasteiger partial charge < -0.3 is 15.2 Å². The van der Waals surface area contributed by atoms with Crippen molar-refractivity contribution in [2.45, 2.75) is 38.3 Å². The van der Waals surface area contributed by atoms with Gasteiger partial charge in [-0.2, -0.15) is 5.10 Å². The number of aromatic carboxylic acids is 1. The van der Waals surface area contributed by atoms with Crippen molar-refractivity contribution in [2.24, 2.45) is 0 Å². The summed E-state index contributed by atoms with van der Waals surface area (Å²) in [6, 6.07) is 6.38. The number of rotatable bonds is 4. The summed E-state index contributed by atoms with van der Waals surface area (Å²) < 4.78 is 0.887. The zero-order chi connectivity index (χ0) is 16.4. The second-order valence-electron chi connectivity index (χ2n) is 5.69. The first-order chi connectivity index (χ1) is 11.1. The Morgan fingerprint density at radius 1 is 1.22 bits per heavy atom. The normalized spacial score (nSPS) is 15.0. The van der Waals surface area contributed by atoms with Crippen LogP contribution in [0.1, 0.15) is 36.2 Å². The van der Waals surface area contributed by atoms with E-state index >= 15 is 0 Å². The summed E-state index contributed by atoms with van der Waals surface area (Å²) in [5.74, 6) is -1.82. The summed E-state index contributed by atoms with van der Waals surface area (Å²) in [6.07, 6.45) is 4.01. The van der Waals surface area contributed by atoms with Crippen molar-refractivity contribution in [1.29, 1.82) is 0 Å². The molecule has 2 aromatic rings. The lowest BCUT2D eigenvalue weighted by Gasteiger charge is -2.14. The number of fused-ring (bicyclic) bond motifs is 1. The van der Waals surface area contributed by atoms with Crippen molar-refractivity contribution in [3.8, 4) is 0 Å². The predicted molar refractivity (Wildman–Crippen MR) is 80.7 cm³/mol. The predicted octanol–water partition coefficient (Wildman–Crippen LogP) is -0.181. The molecule has 1 N–H and O–H groups in total. The largest absolute Gasteiger partial charge is 0.543 e. The molecular weight excluding hydrogens is 298 g/mol. The number of nitrogens with zero attached hydrogens (tertiary/aromatic N) is 2. The second kappa shape index (κ2) is 6.20. The molecule has 0 radical (unpaired) electrons. The van der Waals surface area contributed by atoms with Crippen molar-refractivity contribution in [3.05, 3.63) is 40.3 Å². The molecule has 0 bridgehead atoms. The van der Waals surface area contributed by atoms with Crippen LogP contribution in [0, 0.1) is 0 Å². The average molecular weight is 314 g/mol. The summed E-state index contributed by atoms with van der Waals surface area (Å²) >= 11 is 0. The number of carbonyl (C=O) groups is 2. The number of hydrogen-bond donors (Lipinski definition) is 1. The standard InChI is InChI=1S/C16H17N3O4/c20-13(17-10-5-1-2-6-10)9-19-15(21)12-8-4-3-7-11(12)14(18-19)16(22)23/h3-4,7-8,10H,1-2,5-6,9H2,(H,17,20)(H,22,23)/p-1. The maximum atomic E-state index is 12.4. The molecule has 3 rings (SSSR count). The Bertz CT molecular complexity index is 822. The SMILES string of the molecule is O=C(Cn1nc(C(=O)[O-])c2ccccc2c1=O)NC1CCCC1. The quantitative estimate of drug-likeness (QED) is 0.843. The molecule has 1 saturated carbocycles. The summed E-state index contributed by atoms with van der Waals surface area (Å²) in [4.78, 5) is 35.7. The van der Waals surface area contributed by atoms with E-state index in [1.165, 1.54) is 12.1 Å². The summed E-state index contributed by atoms with van der Waals surface area (Å²) in [6.45, 7) is -0.305. The van der Waals surface area contributed by atoms with Gasteiger partial charge in [-0.15, -0.1) is 0 Å². The van der Waals surface area contributed by atoms with Gasteiger partial charge in [-0.25, -0.2) is 4.68 Å². The van der Waals surface area contributed by atoms with E-state index < -0.39 is 11.5 Å². The fourth-order valence-corrected chi connectivity index (χ4v) is 2.97. The van der Waals surface area contributed by atoms with Crippen molar-refractivity contribution in [3.63, 3.8) is 0 Å². The van der Waals surface area contributed by atoms with Crippen LogP contribution < -0.4 is 16.0 Å². The first-order valence-corrected chi connectivity index (χ1v) is 7.57. The molecule has 7 nitrogen and oxygen atoms in total. The van der Waals surface area contributed by atoms with Gasteiger partial charge in [0.2, 0.25) is 5.91 Å². The van der Waals surface area contributed by atoms with Gasteiger partial charge in [0.1, 0.15) is 12.2 Å². The van der Waals surface area contributed by atoms with Crippen LogP contribution in [-0.2, 0) is 11.3 Å². The molecule has 7 heteroatoms. The zero-order valence-corrected chi connectivity index (χ0v) is 12.4. The smallest absolute Gasteiger partial charge is 0.275 e. The molecule has 1 aliphatic carbocycles. The van der Waals surface area contributed by atoms with Crippen LogP contribution in [0.5, 0.6) is 0 Å². The van der Waals surface area contributed by atoms with Crippen molar-refractivity contribution in [2.75, 3.05) is 0 Å². The number of aromatic nitrogens is 2. The number of carbonyl (C=O) groups excluding carboxylic acids is 2. The Morgan fingerprint density at radius 2 is 1.87 bits per heavy atom. The van der Waals surface area contributed by atoms with Gasteiger partial charge in [-0.3, -0.25) is 9.59 Å². The van der Waals surface area contributed by atoms with E-state index in [1.54, 1.807) is 12.1 Å². The number of carboxylic acids is 1. The molecule has 23 heavy (non-hydrogen) atoms. The minimum absolute atomic E-state index is 0.124. The third-order valence-electron chi connectivity index (χ3n) is 4.07. The van der Waals surface area contributed by atoms with Crippen LogP contribution in [0.15, 0.2) is 29.1 Å². The van der Waals surface area contributed by atoms with Crippen LogP contribution in [0.3, 0.4) is 0 Å². The van der Waals surface area contributed by atoms with Crippen LogP contribution in [0.4, 0.5) is 0 Å². The number of nitrogens with one attached hydrogen (secondary N) is 1. The zero-order valence-electron chi connectivity index (χ0n) is 12.4. The minimum atomic E-state index is -1.48. The molecule has 0 aliphatic heterocycles. The average Bonchev–Trinajstić information content (AvgIpc) is 3.02. The van der Waals surface area contributed by atoms with Gasteiger partial charge in [-0.05, 0) is 18.9 Å². The monoisotopic (exact) mass is 314 g/mol. The lowest BCUT2D eigenvalue weighted by molar-refractivity contribution is -0.255. The number of amides is 1. The fraction of sp³-hybridized carbons (Fsp3) is 0.375. The highest BCUT2D eigenvalue weighted by atomic mass is 16.4. The van der Waals surface area contributed by atoms with Gasteiger partial charge in [0, 0.05) is 11.4 Å². The Morgan fingerprint density at radius 3 is 2.52 bits per heavy atom. The highest BCUT2D eigenvalue weighted by molar-refractivity contribution is 6.00. The van der Waals surface area contributed by atoms with Gasteiger partial charge in [-0.1, -0.05) is 31.0 Å². The van der Waals surface area contributed by atoms with Crippen LogP contribution in [0.25, 0.3) is 10.8 Å². The molecule has 1 amide bonds. The molecule has 0 spiro atoms. The molecular formula is C16H16N3O4-. The molecule has 0 saturated heterocycles. The van der Waals surface area contributed by atoms with E-state index in [4.69, 9.17) is 0 Å². The van der Waals surface area contributed by atoms with Gasteiger partial charge in [0.25, 0.3) is 5.56 Å². The first-order valence-electron chi connectivity index (χ1n) is 7.57. The number of benzene rings is 1. The highest BCUT2D eigenvalue weighted by Gasteiger charge is 2.18. The maximum absolute atomic E-state index is 12.4. The topological polar surface area (TPSA) is 104 Å². The third-order valence-corrected chi connectivity index (χ3v) is 4.07. The van der Waals surface area contributed by atoms with Crippen molar-refractivity contribution < 1.29 is 14.7 Å². The van der Waals surface area contributed by atoms with E-state index in [0.717, 1.165) is 30.4 Å². The second-order valence-corrected chi connectivity index (χ2v) is 5.69. The maximum Gasteiger partial charge on any atom is 0.275 e. The molecule has 120 valence electrons. The molecule has 1 aromatic carbocycles. The first kappa shape index (κ1) is 15.2. The summed E-state index contributed by atoms with van der Waals surface area (Å²) in [5.41, 5.74) is -0.832. The Labute approximate surface area is 131 Å². The van der Waals surface area contributed by atoms with Crippen LogP contribution in [-0.4, -0.2) is 27.7 Å². The fourth-order valence-electron chi connectivity index (χ4n) is 2.97. The molecule has 1 aromatic heterocycles. The molecule has 1 fully saturated rings. The van der Waals surface area contributed by atoms with Crippen molar-refractivity contribution in [1.82, 2.24) is 15.1 Å². The summed E-state index contributed by atoms with van der Waals surface area (Å²) in [5, 5.41) is 18.3. The molecule has 1 heterocycles. The van der Waals surface area contributed by atoms with E-state index in [2.05, 4.69) is 10.4 Å². The lowest BCUT2D eigenvalue weighted by Crippen LogP contribution is -2.39. The Balaban J connectivity index is 1.94. The third kappa shape index (κ3) is 3.08. The lowest BCUT2D eigenvalue weighted by atomic mass is 10.1. The summed E-state index contributed by atoms with van der Waals surface area (Å²) in [7, 11) is 0. The van der Waals surface area contributed by atoms with Crippen LogP contribution in [0.2, 0.25) is 0 Å². The molecule has 1 aliphatic rings.